The lowest BCUT2D eigenvalue weighted by Crippen LogP contribution is -1.93. The molecule has 2 rings (SSSR count). The second-order valence-electron chi connectivity index (χ2n) is 3.69. The number of alkyl halides is 1. The smallest absolute Gasteiger partial charge is 0.0938 e. The summed E-state index contributed by atoms with van der Waals surface area (Å²) in [6.45, 7) is 2.15. The molecule has 0 radical (unpaired) electrons. The lowest BCUT2D eigenvalue weighted by molar-refractivity contribution is 1.17. The molecular weight excluding hydrogens is 386 g/mol. The Hall–Kier alpha value is 0.230. The van der Waals surface area contributed by atoms with Gasteiger partial charge in [0, 0.05) is 18.3 Å². The van der Waals surface area contributed by atoms with Crippen LogP contribution in [0.15, 0.2) is 30.3 Å². The minimum atomic E-state index is -0.106. The first-order valence-electron chi connectivity index (χ1n) is 5.29. The maximum Gasteiger partial charge on any atom is 0.0938 e. The van der Waals surface area contributed by atoms with E-state index in [1.165, 1.54) is 9.75 Å². The van der Waals surface area contributed by atoms with Gasteiger partial charge in [-0.3, -0.25) is 0 Å². The van der Waals surface area contributed by atoms with E-state index in [4.69, 9.17) is 23.2 Å². The molecule has 0 aliphatic heterocycles. The van der Waals surface area contributed by atoms with Crippen molar-refractivity contribution in [3.8, 4) is 0 Å². The zero-order valence-corrected chi connectivity index (χ0v) is 13.7. The molecule has 90 valence electrons. The van der Waals surface area contributed by atoms with E-state index in [1.54, 1.807) is 11.3 Å². The van der Waals surface area contributed by atoms with Gasteiger partial charge in [0.05, 0.1) is 5.38 Å². The molecule has 0 aliphatic carbocycles. The maximum atomic E-state index is 6.53. The van der Waals surface area contributed by atoms with Gasteiger partial charge in [-0.05, 0) is 64.9 Å². The molecular formula is C13H11Cl2IS. The molecule has 0 fully saturated rings. The van der Waals surface area contributed by atoms with Crippen LogP contribution in [-0.4, -0.2) is 0 Å². The van der Waals surface area contributed by atoms with Gasteiger partial charge in [-0.25, -0.2) is 0 Å². The Morgan fingerprint density at radius 3 is 2.71 bits per heavy atom. The zero-order valence-electron chi connectivity index (χ0n) is 9.21. The molecule has 0 aliphatic rings. The van der Waals surface area contributed by atoms with Gasteiger partial charge < -0.3 is 0 Å². The Morgan fingerprint density at radius 2 is 2.06 bits per heavy atom. The van der Waals surface area contributed by atoms with Crippen molar-refractivity contribution in [1.82, 2.24) is 0 Å². The van der Waals surface area contributed by atoms with E-state index in [0.29, 0.717) is 0 Å². The molecule has 1 aromatic carbocycles. The molecule has 4 heteroatoms. The average molecular weight is 397 g/mol. The molecule has 0 spiro atoms. The number of hydrogen-bond acceptors (Lipinski definition) is 1. The monoisotopic (exact) mass is 396 g/mol. The largest absolute Gasteiger partial charge is 0.143 e. The molecule has 0 nitrogen and oxygen atoms in total. The first-order valence-corrected chi connectivity index (χ1v) is 8.00. The first-order chi connectivity index (χ1) is 8.11. The van der Waals surface area contributed by atoms with Gasteiger partial charge in [0.1, 0.15) is 0 Å². The maximum absolute atomic E-state index is 6.53. The number of hydrogen-bond donors (Lipinski definition) is 0. The van der Waals surface area contributed by atoms with Gasteiger partial charge in [-0.2, -0.15) is 0 Å². The van der Waals surface area contributed by atoms with E-state index >= 15 is 0 Å². The van der Waals surface area contributed by atoms with E-state index in [9.17, 15) is 0 Å². The summed E-state index contributed by atoms with van der Waals surface area (Å²) in [5.74, 6) is 0. The van der Waals surface area contributed by atoms with Crippen LogP contribution in [0, 0.1) is 3.57 Å². The van der Waals surface area contributed by atoms with Crippen LogP contribution in [0.25, 0.3) is 0 Å². The third kappa shape index (κ3) is 3.16. The Labute approximate surface area is 129 Å². The lowest BCUT2D eigenvalue weighted by Gasteiger charge is -2.10. The predicted molar refractivity (Wildman–Crippen MR) is 85.6 cm³/mol. The molecule has 1 aromatic heterocycles. The summed E-state index contributed by atoms with van der Waals surface area (Å²) in [6.07, 6.45) is 1.06. The highest BCUT2D eigenvalue weighted by Crippen LogP contribution is 2.37. The summed E-state index contributed by atoms with van der Waals surface area (Å²) in [5.41, 5.74) is 1.09. The molecule has 0 amide bonds. The van der Waals surface area contributed by atoms with Gasteiger partial charge in [0.15, 0.2) is 0 Å². The molecule has 0 bridgehead atoms. The number of aryl methyl sites for hydroxylation is 1. The topological polar surface area (TPSA) is 0 Å². The Bertz CT molecular complexity index is 522. The van der Waals surface area contributed by atoms with Gasteiger partial charge >= 0.3 is 0 Å². The van der Waals surface area contributed by atoms with Gasteiger partial charge in [-0.1, -0.05) is 18.5 Å². The fourth-order valence-electron chi connectivity index (χ4n) is 1.58. The predicted octanol–water partition coefficient (Wildman–Crippen LogP) is 5.90. The van der Waals surface area contributed by atoms with Crippen molar-refractivity contribution in [2.45, 2.75) is 18.7 Å². The minimum absolute atomic E-state index is 0.106. The van der Waals surface area contributed by atoms with Crippen LogP contribution < -0.4 is 0 Å². The summed E-state index contributed by atoms with van der Waals surface area (Å²) in [4.78, 5) is 2.55. The summed E-state index contributed by atoms with van der Waals surface area (Å²) in [6, 6.07) is 10.1. The number of halogens is 3. The number of benzene rings is 1. The highest BCUT2D eigenvalue weighted by atomic mass is 127. The number of thiophene rings is 1. The van der Waals surface area contributed by atoms with E-state index in [0.717, 1.165) is 20.6 Å². The standard InChI is InChI=1S/C13H11Cl2IS/c1-2-9-4-6-12(17-9)13(15)10-7-8(14)3-5-11(10)16/h3-7,13H,2H2,1H3. The lowest BCUT2D eigenvalue weighted by atomic mass is 10.1. The second kappa shape index (κ2) is 5.91. The molecule has 2 aromatic rings. The average Bonchev–Trinajstić information content (AvgIpc) is 2.80. The van der Waals surface area contributed by atoms with Crippen molar-refractivity contribution in [3.05, 3.63) is 54.2 Å². The third-order valence-electron chi connectivity index (χ3n) is 2.51. The van der Waals surface area contributed by atoms with E-state index < -0.39 is 0 Å². The van der Waals surface area contributed by atoms with Crippen molar-refractivity contribution in [1.29, 1.82) is 0 Å². The summed E-state index contributed by atoms with van der Waals surface area (Å²) >= 11 is 16.6. The molecule has 1 unspecified atom stereocenters. The van der Waals surface area contributed by atoms with Crippen molar-refractivity contribution in [2.24, 2.45) is 0 Å². The molecule has 17 heavy (non-hydrogen) atoms. The second-order valence-corrected chi connectivity index (χ2v) is 6.92. The zero-order chi connectivity index (χ0) is 12.4. The Balaban J connectivity index is 2.35. The number of rotatable bonds is 3. The summed E-state index contributed by atoms with van der Waals surface area (Å²) < 4.78 is 1.15. The van der Waals surface area contributed by atoms with Crippen molar-refractivity contribution in [2.75, 3.05) is 0 Å². The highest BCUT2D eigenvalue weighted by Gasteiger charge is 2.16. The normalized spacial score (nSPS) is 12.7. The van der Waals surface area contributed by atoms with Gasteiger partial charge in [0.2, 0.25) is 0 Å². The third-order valence-corrected chi connectivity index (χ3v) is 5.62. The molecule has 1 heterocycles. The van der Waals surface area contributed by atoms with Gasteiger partial charge in [-0.15, -0.1) is 22.9 Å². The summed E-state index contributed by atoms with van der Waals surface area (Å²) in [7, 11) is 0. The molecule has 0 saturated carbocycles. The van der Waals surface area contributed by atoms with Crippen LogP contribution in [0.2, 0.25) is 5.02 Å². The van der Waals surface area contributed by atoms with Crippen LogP contribution in [0.4, 0.5) is 0 Å². The van der Waals surface area contributed by atoms with Crippen LogP contribution in [0.5, 0.6) is 0 Å². The van der Waals surface area contributed by atoms with E-state index in [-0.39, 0.29) is 5.38 Å². The van der Waals surface area contributed by atoms with Crippen LogP contribution in [0.3, 0.4) is 0 Å². The van der Waals surface area contributed by atoms with Crippen molar-refractivity contribution < 1.29 is 0 Å². The van der Waals surface area contributed by atoms with Crippen molar-refractivity contribution in [3.63, 3.8) is 0 Å². The summed E-state index contributed by atoms with van der Waals surface area (Å²) in [5, 5.41) is 0.629. The van der Waals surface area contributed by atoms with E-state index in [2.05, 4.69) is 41.6 Å². The first kappa shape index (κ1) is 13.7. The van der Waals surface area contributed by atoms with Gasteiger partial charge in [0.25, 0.3) is 0 Å². The fourth-order valence-corrected chi connectivity index (χ4v) is 3.93. The van der Waals surface area contributed by atoms with Crippen LogP contribution >= 0.6 is 57.1 Å². The Morgan fingerprint density at radius 1 is 1.29 bits per heavy atom. The quantitative estimate of drug-likeness (QED) is 0.447. The minimum Gasteiger partial charge on any atom is -0.143 e. The van der Waals surface area contributed by atoms with Crippen LogP contribution in [-0.2, 0) is 6.42 Å². The highest BCUT2D eigenvalue weighted by molar-refractivity contribution is 14.1. The Kier molecular flexibility index (Phi) is 4.75. The molecule has 0 N–H and O–H groups in total. The fraction of sp³-hybridized carbons (Fsp3) is 0.231. The van der Waals surface area contributed by atoms with E-state index in [1.807, 2.05) is 18.2 Å². The van der Waals surface area contributed by atoms with Crippen LogP contribution in [0.1, 0.15) is 27.6 Å². The SMILES string of the molecule is CCc1ccc(C(Cl)c2cc(Cl)ccc2I)s1. The van der Waals surface area contributed by atoms with Crippen molar-refractivity contribution >= 4 is 57.1 Å². The molecule has 0 saturated heterocycles. The molecule has 1 atom stereocenters.